The molecule has 2 atom stereocenters. The summed E-state index contributed by atoms with van der Waals surface area (Å²) >= 11 is 0. The largest absolute Gasteiger partial charge is 0.355 e. The highest BCUT2D eigenvalue weighted by Gasteiger charge is 2.32. The van der Waals surface area contributed by atoms with Crippen molar-refractivity contribution in [2.45, 2.75) is 25.2 Å². The quantitative estimate of drug-likeness (QED) is 0.857. The van der Waals surface area contributed by atoms with Gasteiger partial charge in [-0.2, -0.15) is 0 Å². The highest BCUT2D eigenvalue weighted by Crippen LogP contribution is 2.31. The van der Waals surface area contributed by atoms with Crippen LogP contribution in [0.25, 0.3) is 0 Å². The molecule has 3 nitrogen and oxygen atoms in total. The molecule has 0 saturated heterocycles. The van der Waals surface area contributed by atoms with Crippen molar-refractivity contribution >= 4 is 5.91 Å². The number of nitrogens with one attached hydrogen (secondary N) is 1. The first-order valence-electron chi connectivity index (χ1n) is 8.87. The molecule has 3 rings (SSSR count). The van der Waals surface area contributed by atoms with Crippen LogP contribution in [0.3, 0.4) is 0 Å². The molecule has 0 radical (unpaired) electrons. The van der Waals surface area contributed by atoms with Gasteiger partial charge in [-0.1, -0.05) is 67.1 Å². The van der Waals surface area contributed by atoms with Gasteiger partial charge in [-0.25, -0.2) is 0 Å². The van der Waals surface area contributed by atoms with Crippen LogP contribution in [0, 0.1) is 11.8 Å². The van der Waals surface area contributed by atoms with Gasteiger partial charge in [0, 0.05) is 18.4 Å². The molecule has 0 bridgehead atoms. The van der Waals surface area contributed by atoms with E-state index in [1.807, 2.05) is 12.1 Å². The van der Waals surface area contributed by atoms with E-state index < -0.39 is 0 Å². The minimum absolute atomic E-state index is 0.0854. The predicted octanol–water partition coefficient (Wildman–Crippen LogP) is 3.31. The monoisotopic (exact) mass is 322 g/mol. The summed E-state index contributed by atoms with van der Waals surface area (Å²) in [5.74, 6) is 0.771. The Kier molecular flexibility index (Phi) is 5.65. The van der Waals surface area contributed by atoms with Crippen LogP contribution in [0.4, 0.5) is 0 Å². The van der Waals surface area contributed by atoms with Crippen molar-refractivity contribution in [1.29, 1.82) is 0 Å². The molecular weight excluding hydrogens is 296 g/mol. The highest BCUT2D eigenvalue weighted by atomic mass is 16.1. The first-order valence-corrected chi connectivity index (χ1v) is 8.87. The zero-order chi connectivity index (χ0) is 16.8. The first-order chi connectivity index (χ1) is 11.8. The molecule has 1 aliphatic carbocycles. The molecule has 3 N–H and O–H groups in total. The van der Waals surface area contributed by atoms with Crippen molar-refractivity contribution in [3.05, 3.63) is 71.8 Å². The highest BCUT2D eigenvalue weighted by molar-refractivity contribution is 5.79. The summed E-state index contributed by atoms with van der Waals surface area (Å²) in [6.45, 7) is 1.24. The Morgan fingerprint density at radius 2 is 1.58 bits per heavy atom. The van der Waals surface area contributed by atoms with Crippen molar-refractivity contribution in [2.24, 2.45) is 17.6 Å². The lowest BCUT2D eigenvalue weighted by Gasteiger charge is -2.22. The average Bonchev–Trinajstić information content (AvgIpc) is 3.12. The summed E-state index contributed by atoms with van der Waals surface area (Å²) in [5.41, 5.74) is 8.28. The van der Waals surface area contributed by atoms with Gasteiger partial charge in [0.2, 0.25) is 5.91 Å². The number of rotatable bonds is 6. The zero-order valence-electron chi connectivity index (χ0n) is 14.0. The van der Waals surface area contributed by atoms with E-state index in [9.17, 15) is 4.79 Å². The van der Waals surface area contributed by atoms with Gasteiger partial charge in [-0.05, 0) is 36.4 Å². The standard InChI is InChI=1S/C21H26N2O/c22-14-18-12-7-13-19(18)21(24)23-15-20(16-8-3-1-4-9-16)17-10-5-2-6-11-17/h1-6,8-11,18-20H,7,12-15,22H2,(H,23,24)/t18-,19-/m1/s1. The number of benzene rings is 2. The third-order valence-corrected chi connectivity index (χ3v) is 5.18. The second-order valence-corrected chi connectivity index (χ2v) is 6.65. The van der Waals surface area contributed by atoms with E-state index in [0.717, 1.165) is 19.3 Å². The fraction of sp³-hybridized carbons (Fsp3) is 0.381. The van der Waals surface area contributed by atoms with Gasteiger partial charge >= 0.3 is 0 Å². The summed E-state index contributed by atoms with van der Waals surface area (Å²) in [5, 5.41) is 3.19. The SMILES string of the molecule is NC[C@H]1CCC[C@H]1C(=O)NCC(c1ccccc1)c1ccccc1. The van der Waals surface area contributed by atoms with E-state index in [0.29, 0.717) is 19.0 Å². The number of nitrogens with two attached hydrogens (primary N) is 1. The van der Waals surface area contributed by atoms with Gasteiger partial charge in [0.1, 0.15) is 0 Å². The molecule has 24 heavy (non-hydrogen) atoms. The molecule has 1 fully saturated rings. The van der Waals surface area contributed by atoms with Crippen LogP contribution >= 0.6 is 0 Å². The Morgan fingerprint density at radius 1 is 1.00 bits per heavy atom. The van der Waals surface area contributed by atoms with Crippen LogP contribution in [0.2, 0.25) is 0 Å². The normalized spacial score (nSPS) is 20.2. The fourth-order valence-corrected chi connectivity index (χ4v) is 3.80. The molecule has 0 spiro atoms. The molecule has 0 heterocycles. The summed E-state index contributed by atoms with van der Waals surface area (Å²) in [6, 6.07) is 20.8. The summed E-state index contributed by atoms with van der Waals surface area (Å²) in [7, 11) is 0. The third-order valence-electron chi connectivity index (χ3n) is 5.18. The van der Waals surface area contributed by atoms with Crippen LogP contribution in [0.1, 0.15) is 36.3 Å². The Balaban J connectivity index is 1.72. The molecule has 0 aromatic heterocycles. The van der Waals surface area contributed by atoms with Gasteiger partial charge < -0.3 is 11.1 Å². The molecule has 1 aliphatic rings. The number of hydrogen-bond acceptors (Lipinski definition) is 2. The molecule has 3 heteroatoms. The second-order valence-electron chi connectivity index (χ2n) is 6.65. The van der Waals surface area contributed by atoms with E-state index >= 15 is 0 Å². The van der Waals surface area contributed by atoms with E-state index in [2.05, 4.69) is 53.8 Å². The lowest BCUT2D eigenvalue weighted by atomic mass is 9.90. The molecule has 126 valence electrons. The lowest BCUT2D eigenvalue weighted by molar-refractivity contribution is -0.125. The summed E-state index contributed by atoms with van der Waals surface area (Å²) in [4.78, 5) is 12.6. The van der Waals surface area contributed by atoms with Crippen LogP contribution in [0.15, 0.2) is 60.7 Å². The third kappa shape index (κ3) is 3.85. The topological polar surface area (TPSA) is 55.1 Å². The fourth-order valence-electron chi connectivity index (χ4n) is 3.80. The molecular formula is C21H26N2O. The number of carbonyl (C=O) groups excluding carboxylic acids is 1. The van der Waals surface area contributed by atoms with Crippen molar-refractivity contribution in [2.75, 3.05) is 13.1 Å². The summed E-state index contributed by atoms with van der Waals surface area (Å²) < 4.78 is 0. The average molecular weight is 322 g/mol. The number of hydrogen-bond donors (Lipinski definition) is 2. The van der Waals surface area contributed by atoms with Crippen molar-refractivity contribution in [1.82, 2.24) is 5.32 Å². The van der Waals surface area contributed by atoms with E-state index in [1.165, 1.54) is 11.1 Å². The summed E-state index contributed by atoms with van der Waals surface area (Å²) in [6.07, 6.45) is 3.16. The van der Waals surface area contributed by atoms with Crippen LogP contribution < -0.4 is 11.1 Å². The number of carbonyl (C=O) groups is 1. The minimum atomic E-state index is 0.0854. The molecule has 1 amide bonds. The smallest absolute Gasteiger partial charge is 0.223 e. The lowest BCUT2D eigenvalue weighted by Crippen LogP contribution is -2.37. The molecule has 2 aromatic rings. The van der Waals surface area contributed by atoms with Crippen molar-refractivity contribution < 1.29 is 4.79 Å². The van der Waals surface area contributed by atoms with Crippen LogP contribution in [-0.2, 0) is 4.79 Å². The van der Waals surface area contributed by atoms with Gasteiger partial charge in [0.05, 0.1) is 0 Å². The Hall–Kier alpha value is -2.13. The second kappa shape index (κ2) is 8.11. The molecule has 2 aromatic carbocycles. The van der Waals surface area contributed by atoms with Crippen molar-refractivity contribution in [3.8, 4) is 0 Å². The predicted molar refractivity (Wildman–Crippen MR) is 97.6 cm³/mol. The maximum Gasteiger partial charge on any atom is 0.223 e. The van der Waals surface area contributed by atoms with Gasteiger partial charge in [0.25, 0.3) is 0 Å². The maximum absolute atomic E-state index is 12.6. The van der Waals surface area contributed by atoms with E-state index in [4.69, 9.17) is 5.73 Å². The van der Waals surface area contributed by atoms with Gasteiger partial charge in [0.15, 0.2) is 0 Å². The van der Waals surface area contributed by atoms with Crippen LogP contribution in [0.5, 0.6) is 0 Å². The van der Waals surface area contributed by atoms with E-state index in [1.54, 1.807) is 0 Å². The molecule has 0 aliphatic heterocycles. The molecule has 1 saturated carbocycles. The number of amides is 1. The Labute approximate surface area is 144 Å². The van der Waals surface area contributed by atoms with Gasteiger partial charge in [-0.15, -0.1) is 0 Å². The van der Waals surface area contributed by atoms with Crippen LogP contribution in [-0.4, -0.2) is 19.0 Å². The Bertz CT molecular complexity index is 602. The van der Waals surface area contributed by atoms with Crippen molar-refractivity contribution in [3.63, 3.8) is 0 Å². The molecule has 0 unspecified atom stereocenters. The van der Waals surface area contributed by atoms with Gasteiger partial charge in [-0.3, -0.25) is 4.79 Å². The van der Waals surface area contributed by atoms with E-state index in [-0.39, 0.29) is 17.7 Å². The zero-order valence-corrected chi connectivity index (χ0v) is 14.0. The minimum Gasteiger partial charge on any atom is -0.355 e. The Morgan fingerprint density at radius 3 is 2.12 bits per heavy atom. The first kappa shape index (κ1) is 16.7. The maximum atomic E-state index is 12.6.